The van der Waals surface area contributed by atoms with E-state index in [9.17, 15) is 24.1 Å². The van der Waals surface area contributed by atoms with Gasteiger partial charge in [0, 0.05) is 11.6 Å². The van der Waals surface area contributed by atoms with Gasteiger partial charge in [0.05, 0.1) is 12.7 Å². The van der Waals surface area contributed by atoms with E-state index in [1.807, 2.05) is 23.2 Å². The van der Waals surface area contributed by atoms with Crippen molar-refractivity contribution in [3.8, 4) is 5.75 Å². The number of carbonyl (C=O) groups excluding carboxylic acids is 1. The van der Waals surface area contributed by atoms with E-state index in [0.29, 0.717) is 9.95 Å². The fourth-order valence-corrected chi connectivity index (χ4v) is 5.95. The topological polar surface area (TPSA) is 158 Å². The Morgan fingerprint density at radius 3 is 2.63 bits per heavy atom. The lowest BCUT2D eigenvalue weighted by molar-refractivity contribution is -0.149. The van der Waals surface area contributed by atoms with E-state index in [2.05, 4.69) is 5.09 Å². The van der Waals surface area contributed by atoms with Crippen LogP contribution in [0.5, 0.6) is 5.75 Å². The van der Waals surface area contributed by atoms with Gasteiger partial charge in [0.15, 0.2) is 11.9 Å². The first-order chi connectivity index (χ1) is 19.2. The Morgan fingerprint density at radius 2 is 1.93 bits per heavy atom. The van der Waals surface area contributed by atoms with E-state index in [1.54, 1.807) is 38.1 Å². The summed E-state index contributed by atoms with van der Waals surface area (Å²) < 4.78 is 52.6. The Hall–Kier alpha value is -3.06. The van der Waals surface area contributed by atoms with Gasteiger partial charge in [0.2, 0.25) is 0 Å². The molecule has 0 bridgehead atoms. The summed E-state index contributed by atoms with van der Waals surface area (Å²) in [5.74, 6) is -0.563. The van der Waals surface area contributed by atoms with Crippen LogP contribution in [0.4, 0.5) is 4.39 Å². The number of aliphatic hydroxyl groups excluding tert-OH is 1. The molecule has 12 nitrogen and oxygen atoms in total. The number of hydrogen-bond donors (Lipinski definition) is 3. The van der Waals surface area contributed by atoms with Crippen LogP contribution in [0.1, 0.15) is 33.9 Å². The molecule has 1 aromatic heterocycles. The van der Waals surface area contributed by atoms with Crippen molar-refractivity contribution in [2.45, 2.75) is 63.9 Å². The van der Waals surface area contributed by atoms with Crippen LogP contribution in [0.2, 0.25) is 5.02 Å². The molecule has 222 valence electrons. The Kier molecular flexibility index (Phi) is 9.07. The molecular formula is C26H30ClFN3O9P. The number of rotatable bonds is 10. The van der Waals surface area contributed by atoms with Crippen molar-refractivity contribution in [1.82, 2.24) is 14.6 Å². The summed E-state index contributed by atoms with van der Waals surface area (Å²) in [6, 6.07) is 11.0. The zero-order valence-electron chi connectivity index (χ0n) is 22.6. The van der Waals surface area contributed by atoms with Crippen LogP contribution in [0, 0.1) is 0 Å². The van der Waals surface area contributed by atoms with Crippen molar-refractivity contribution in [3.05, 3.63) is 74.5 Å². The van der Waals surface area contributed by atoms with Gasteiger partial charge in [-0.25, -0.2) is 13.8 Å². The summed E-state index contributed by atoms with van der Waals surface area (Å²) in [5.41, 5.74) is -4.47. The number of aliphatic hydroxyl groups is 1. The van der Waals surface area contributed by atoms with Crippen LogP contribution in [0.25, 0.3) is 10.8 Å². The number of ether oxygens (including phenoxy) is 2. The van der Waals surface area contributed by atoms with E-state index < -0.39 is 72.8 Å². The van der Waals surface area contributed by atoms with Gasteiger partial charge in [0.25, 0.3) is 5.56 Å². The highest BCUT2D eigenvalue weighted by Crippen LogP contribution is 2.48. The predicted molar refractivity (Wildman–Crippen MR) is 148 cm³/mol. The highest BCUT2D eigenvalue weighted by molar-refractivity contribution is 7.52. The Labute approximate surface area is 238 Å². The van der Waals surface area contributed by atoms with E-state index in [4.69, 9.17) is 30.1 Å². The van der Waals surface area contributed by atoms with Crippen molar-refractivity contribution in [2.24, 2.45) is 0 Å². The van der Waals surface area contributed by atoms with Gasteiger partial charge < -0.3 is 19.1 Å². The van der Waals surface area contributed by atoms with Gasteiger partial charge in [0.1, 0.15) is 29.0 Å². The molecule has 2 heterocycles. The lowest BCUT2D eigenvalue weighted by atomic mass is 9.98. The molecule has 3 aromatic rings. The third-order valence-corrected chi connectivity index (χ3v) is 8.23. The molecule has 0 aliphatic carbocycles. The second kappa shape index (κ2) is 12.0. The molecule has 4 rings (SSSR count). The highest BCUT2D eigenvalue weighted by Gasteiger charge is 2.56. The third kappa shape index (κ3) is 6.72. The van der Waals surface area contributed by atoms with E-state index in [-0.39, 0.29) is 5.75 Å². The quantitative estimate of drug-likeness (QED) is 0.228. The molecule has 1 aliphatic heterocycles. The number of esters is 1. The fraction of sp³-hybridized carbons (Fsp3) is 0.423. The van der Waals surface area contributed by atoms with Crippen LogP contribution < -0.4 is 20.9 Å². The van der Waals surface area contributed by atoms with Crippen molar-refractivity contribution in [3.63, 3.8) is 0 Å². The minimum absolute atomic E-state index is 0.166. The first-order valence-corrected chi connectivity index (χ1v) is 14.6. The summed E-state index contributed by atoms with van der Waals surface area (Å²) in [5, 5.41) is 14.2. The molecule has 0 radical (unpaired) electrons. The molecule has 1 fully saturated rings. The molecule has 0 spiro atoms. The number of aromatic nitrogens is 2. The molecule has 15 heteroatoms. The summed E-state index contributed by atoms with van der Waals surface area (Å²) in [4.78, 5) is 38.4. The molecule has 6 atom stereocenters. The van der Waals surface area contributed by atoms with Gasteiger partial charge in [-0.1, -0.05) is 48.0 Å². The van der Waals surface area contributed by atoms with E-state index in [1.165, 1.54) is 6.92 Å². The number of carbonyl (C=O) groups is 1. The molecule has 2 aromatic carbocycles. The number of aromatic amines is 1. The maximum absolute atomic E-state index is 15.7. The maximum atomic E-state index is 15.7. The monoisotopic (exact) mass is 613 g/mol. The van der Waals surface area contributed by atoms with Gasteiger partial charge in [-0.3, -0.25) is 23.7 Å². The van der Waals surface area contributed by atoms with Crippen molar-refractivity contribution < 1.29 is 37.4 Å². The smallest absolute Gasteiger partial charge is 0.459 e. The lowest BCUT2D eigenvalue weighted by Crippen LogP contribution is -2.44. The summed E-state index contributed by atoms with van der Waals surface area (Å²) >= 11 is 5.81. The third-order valence-electron chi connectivity index (χ3n) is 6.33. The standard InChI is InChI=1S/C26H30ClFN3O9P/c1-14(2)38-23(34)15(3)30-41(36,40-19-11-7-9-16-8-5-6-10-17(16)19)37-13-20-21(32)26(4,28)24(39-20)31-12-18(27)22(33)29-25(31)35/h5-12,14-15,20-21,24,32H,13H2,1-4H3,(H,30,36)(H,29,33,35)/t15-,20-,21-,24?,26-,41-/m1/s1. The number of fused-ring (bicyclic) bond motifs is 1. The number of alkyl halides is 1. The molecule has 41 heavy (non-hydrogen) atoms. The highest BCUT2D eigenvalue weighted by atomic mass is 35.5. The minimum Gasteiger partial charge on any atom is -0.462 e. The molecule has 1 aliphatic rings. The largest absolute Gasteiger partial charge is 0.462 e. The number of nitrogens with one attached hydrogen (secondary N) is 2. The first-order valence-electron chi connectivity index (χ1n) is 12.7. The van der Waals surface area contributed by atoms with Crippen LogP contribution >= 0.6 is 19.3 Å². The van der Waals surface area contributed by atoms with Crippen molar-refractivity contribution >= 4 is 36.1 Å². The zero-order valence-corrected chi connectivity index (χ0v) is 24.2. The second-order valence-corrected chi connectivity index (χ2v) is 12.1. The van der Waals surface area contributed by atoms with Crippen molar-refractivity contribution in [1.29, 1.82) is 0 Å². The van der Waals surface area contributed by atoms with Crippen LogP contribution in [-0.4, -0.2) is 57.3 Å². The molecule has 0 saturated carbocycles. The van der Waals surface area contributed by atoms with Crippen molar-refractivity contribution in [2.75, 3.05) is 6.61 Å². The van der Waals surface area contributed by atoms with Crippen LogP contribution in [0.3, 0.4) is 0 Å². The number of H-pyrrole nitrogens is 1. The van der Waals surface area contributed by atoms with Crippen LogP contribution in [-0.2, 0) is 23.4 Å². The summed E-state index contributed by atoms with van der Waals surface area (Å²) in [6.07, 6.45) is -4.62. The Bertz CT molecular complexity index is 1590. The number of benzene rings is 2. The predicted octanol–water partition coefficient (Wildman–Crippen LogP) is 3.46. The average molecular weight is 614 g/mol. The summed E-state index contributed by atoms with van der Waals surface area (Å²) in [7, 11) is -4.44. The first kappa shape index (κ1) is 30.9. The minimum atomic E-state index is -4.44. The number of nitrogens with zero attached hydrogens (tertiary/aromatic N) is 1. The molecule has 3 N–H and O–H groups in total. The van der Waals surface area contributed by atoms with Gasteiger partial charge in [-0.05, 0) is 39.1 Å². The molecule has 0 amide bonds. The Morgan fingerprint density at radius 1 is 1.24 bits per heavy atom. The maximum Gasteiger partial charge on any atom is 0.459 e. The fourth-order valence-electron chi connectivity index (χ4n) is 4.28. The average Bonchev–Trinajstić information content (AvgIpc) is 3.13. The Balaban J connectivity index is 1.61. The number of hydrogen-bond acceptors (Lipinski definition) is 9. The van der Waals surface area contributed by atoms with Crippen LogP contribution in [0.15, 0.2) is 58.3 Å². The normalized spacial score (nSPS) is 24.7. The molecular weight excluding hydrogens is 584 g/mol. The van der Waals surface area contributed by atoms with Gasteiger partial charge >= 0.3 is 19.4 Å². The number of halogens is 2. The summed E-state index contributed by atoms with van der Waals surface area (Å²) in [6.45, 7) is 5.00. The lowest BCUT2D eigenvalue weighted by Gasteiger charge is -2.26. The van der Waals surface area contributed by atoms with Gasteiger partial charge in [-0.15, -0.1) is 0 Å². The second-order valence-electron chi connectivity index (χ2n) is 9.96. The van der Waals surface area contributed by atoms with E-state index >= 15 is 4.39 Å². The SMILES string of the molecule is CC(C)OC(=O)[C@@H](C)N[P@@](=O)(OC[C@H]1OC(n2cc(Cl)c(=O)[nH]c2=O)[C@](C)(F)[C@@H]1O)Oc1cccc2ccccc12. The zero-order chi connectivity index (χ0) is 30.1. The molecule has 1 saturated heterocycles. The van der Waals surface area contributed by atoms with Gasteiger partial charge in [-0.2, -0.15) is 5.09 Å². The van der Waals surface area contributed by atoms with E-state index in [0.717, 1.165) is 18.5 Å². The molecule has 1 unspecified atom stereocenters.